The van der Waals surface area contributed by atoms with Crippen LogP contribution < -0.4 is 0 Å². The number of rotatable bonds is 3. The van der Waals surface area contributed by atoms with Crippen molar-refractivity contribution < 1.29 is 9.85 Å². The number of nitro benzene ring substituents is 2. The van der Waals surface area contributed by atoms with Gasteiger partial charge in [-0.3, -0.25) is 20.2 Å². The first-order valence-electron chi connectivity index (χ1n) is 3.96. The predicted octanol–water partition coefficient (Wildman–Crippen LogP) is 2.75. The molecule has 0 aliphatic heterocycles. The lowest BCUT2D eigenvalue weighted by Gasteiger charge is -2.00. The summed E-state index contributed by atoms with van der Waals surface area (Å²) in [5.74, 6) is 0. The van der Waals surface area contributed by atoms with Gasteiger partial charge in [-0.1, -0.05) is 0 Å². The molecule has 1 aromatic carbocycles. The molecule has 0 heterocycles. The van der Waals surface area contributed by atoms with Gasteiger partial charge in [0, 0.05) is 17.0 Å². The highest BCUT2D eigenvalue weighted by Gasteiger charge is 2.24. The van der Waals surface area contributed by atoms with Gasteiger partial charge in [0.25, 0.3) is 11.4 Å². The van der Waals surface area contributed by atoms with Gasteiger partial charge in [-0.05, 0) is 23.1 Å². The molecule has 0 saturated heterocycles. The predicted molar refractivity (Wildman–Crippen MR) is 53.3 cm³/mol. The first-order chi connectivity index (χ1) is 7.47. The van der Waals surface area contributed by atoms with Crippen molar-refractivity contribution in [2.45, 2.75) is 6.92 Å². The number of hydrogen-bond donors (Lipinski definition) is 0. The van der Waals surface area contributed by atoms with E-state index in [0.29, 0.717) is 5.56 Å². The first-order valence-corrected chi connectivity index (χ1v) is 3.96. The highest BCUT2D eigenvalue weighted by atomic mass is 16.6. The van der Waals surface area contributed by atoms with Gasteiger partial charge in [0.15, 0.2) is 5.69 Å². The summed E-state index contributed by atoms with van der Waals surface area (Å²) in [6.45, 7) is 1.47. The molecule has 0 aliphatic rings. The lowest BCUT2D eigenvalue weighted by atomic mass is 10.1. The Bertz CT molecular complexity index is 485. The summed E-state index contributed by atoms with van der Waals surface area (Å²) in [6.07, 6.45) is 0. The summed E-state index contributed by atoms with van der Waals surface area (Å²) in [4.78, 5) is 21.9. The van der Waals surface area contributed by atoms with E-state index in [1.807, 2.05) is 0 Å². The third kappa shape index (κ3) is 2.04. The maximum Gasteiger partial charge on any atom is 0.286 e. The zero-order valence-electron chi connectivity index (χ0n) is 8.02. The Hall–Kier alpha value is -2.67. The molecule has 0 fully saturated rings. The second-order valence-corrected chi connectivity index (χ2v) is 2.86. The standard InChI is InChI=1S/C7H5N5O4/c1-4-2-5(11(13)14)7(9-10-8)6(3-4)12(15)16/h2-3H,1H3. The molecule has 82 valence electrons. The van der Waals surface area contributed by atoms with Gasteiger partial charge in [0.05, 0.1) is 9.85 Å². The number of nitro groups is 2. The summed E-state index contributed by atoms with van der Waals surface area (Å²) >= 11 is 0. The van der Waals surface area contributed by atoms with Crippen molar-refractivity contribution >= 4 is 17.1 Å². The Morgan fingerprint density at radius 3 is 2.00 bits per heavy atom. The van der Waals surface area contributed by atoms with E-state index in [1.54, 1.807) is 0 Å². The monoisotopic (exact) mass is 223 g/mol. The third-order valence-electron chi connectivity index (χ3n) is 1.75. The summed E-state index contributed by atoms with van der Waals surface area (Å²) in [5.41, 5.74) is 6.82. The van der Waals surface area contributed by atoms with Gasteiger partial charge in [0.1, 0.15) is 0 Å². The van der Waals surface area contributed by atoms with Crippen LogP contribution in [0, 0.1) is 27.2 Å². The number of nitrogens with zero attached hydrogens (tertiary/aromatic N) is 5. The number of azide groups is 1. The second kappa shape index (κ2) is 4.24. The molecule has 0 amide bonds. The van der Waals surface area contributed by atoms with E-state index in [1.165, 1.54) is 6.92 Å². The smallest absolute Gasteiger partial charge is 0.258 e. The SMILES string of the molecule is Cc1cc([N+](=O)[O-])c(N=[N+]=[N-])c([N+](=O)[O-])c1. The van der Waals surface area contributed by atoms with Gasteiger partial charge in [-0.25, -0.2) is 0 Å². The molecule has 1 rings (SSSR count). The first kappa shape index (κ1) is 11.4. The summed E-state index contributed by atoms with van der Waals surface area (Å²) in [5, 5.41) is 24.2. The van der Waals surface area contributed by atoms with E-state index >= 15 is 0 Å². The van der Waals surface area contributed by atoms with Crippen LogP contribution in [0.1, 0.15) is 5.56 Å². The number of hydrogen-bond acceptors (Lipinski definition) is 5. The number of aryl methyl sites for hydroxylation is 1. The van der Waals surface area contributed by atoms with Crippen molar-refractivity contribution in [2.75, 3.05) is 0 Å². The molecule has 0 aromatic heterocycles. The molecule has 1 aromatic rings. The van der Waals surface area contributed by atoms with Crippen molar-refractivity contribution in [3.8, 4) is 0 Å². The van der Waals surface area contributed by atoms with Gasteiger partial charge >= 0.3 is 0 Å². The highest BCUT2D eigenvalue weighted by Crippen LogP contribution is 2.37. The second-order valence-electron chi connectivity index (χ2n) is 2.86. The maximum atomic E-state index is 10.6. The van der Waals surface area contributed by atoms with Gasteiger partial charge in [-0.2, -0.15) is 0 Å². The van der Waals surface area contributed by atoms with Gasteiger partial charge in [-0.15, -0.1) is 0 Å². The van der Waals surface area contributed by atoms with Crippen molar-refractivity contribution in [2.24, 2.45) is 5.11 Å². The van der Waals surface area contributed by atoms with Crippen LogP contribution in [0.25, 0.3) is 10.4 Å². The molecule has 0 radical (unpaired) electrons. The van der Waals surface area contributed by atoms with Crippen LogP contribution in [-0.4, -0.2) is 9.85 Å². The van der Waals surface area contributed by atoms with E-state index in [9.17, 15) is 20.2 Å². The summed E-state index contributed by atoms with van der Waals surface area (Å²) in [7, 11) is 0. The summed E-state index contributed by atoms with van der Waals surface area (Å²) < 4.78 is 0. The normalized spacial score (nSPS) is 9.31. The fraction of sp³-hybridized carbons (Fsp3) is 0.143. The van der Waals surface area contributed by atoms with Gasteiger partial charge in [0.2, 0.25) is 0 Å². The Morgan fingerprint density at radius 1 is 1.25 bits per heavy atom. The van der Waals surface area contributed by atoms with E-state index < -0.39 is 26.9 Å². The molecule has 9 heteroatoms. The molecule has 0 bridgehead atoms. The van der Waals surface area contributed by atoms with Crippen LogP contribution in [-0.2, 0) is 0 Å². The largest absolute Gasteiger partial charge is 0.286 e. The topological polar surface area (TPSA) is 135 Å². The van der Waals surface area contributed by atoms with E-state index in [4.69, 9.17) is 5.53 Å². The fourth-order valence-corrected chi connectivity index (χ4v) is 1.17. The Kier molecular flexibility index (Phi) is 3.02. The molecule has 16 heavy (non-hydrogen) atoms. The molecule has 0 unspecified atom stereocenters. The Balaban J connectivity index is 3.66. The van der Waals surface area contributed by atoms with E-state index in [-0.39, 0.29) is 0 Å². The minimum atomic E-state index is -0.829. The minimum Gasteiger partial charge on any atom is -0.258 e. The third-order valence-corrected chi connectivity index (χ3v) is 1.75. The molecular formula is C7H5N5O4. The van der Waals surface area contributed by atoms with Crippen LogP contribution in [0.15, 0.2) is 17.2 Å². The Labute approximate surface area is 88.2 Å². The highest BCUT2D eigenvalue weighted by molar-refractivity contribution is 5.71. The van der Waals surface area contributed by atoms with Crippen molar-refractivity contribution in [3.63, 3.8) is 0 Å². The average Bonchev–Trinajstić information content (AvgIpc) is 2.19. The quantitative estimate of drug-likeness (QED) is 0.256. The Morgan fingerprint density at radius 2 is 1.69 bits per heavy atom. The lowest BCUT2D eigenvalue weighted by molar-refractivity contribution is -0.392. The zero-order valence-corrected chi connectivity index (χ0v) is 8.02. The van der Waals surface area contributed by atoms with Crippen molar-refractivity contribution in [1.29, 1.82) is 0 Å². The molecule has 0 saturated carbocycles. The van der Waals surface area contributed by atoms with Crippen molar-refractivity contribution in [3.05, 3.63) is 48.4 Å². The fourth-order valence-electron chi connectivity index (χ4n) is 1.17. The molecule has 0 aliphatic carbocycles. The van der Waals surface area contributed by atoms with Gasteiger partial charge < -0.3 is 0 Å². The van der Waals surface area contributed by atoms with Crippen LogP contribution in [0.5, 0.6) is 0 Å². The van der Waals surface area contributed by atoms with E-state index in [0.717, 1.165) is 12.1 Å². The van der Waals surface area contributed by atoms with E-state index in [2.05, 4.69) is 10.0 Å². The molecular weight excluding hydrogens is 218 g/mol. The van der Waals surface area contributed by atoms with Crippen molar-refractivity contribution in [1.82, 2.24) is 0 Å². The number of benzene rings is 1. The molecule has 0 spiro atoms. The maximum absolute atomic E-state index is 10.6. The minimum absolute atomic E-state index is 0.343. The molecule has 9 nitrogen and oxygen atoms in total. The average molecular weight is 223 g/mol. The van der Waals surface area contributed by atoms with Crippen LogP contribution in [0.4, 0.5) is 17.1 Å². The molecule has 0 N–H and O–H groups in total. The lowest BCUT2D eigenvalue weighted by Crippen LogP contribution is -1.95. The van der Waals surface area contributed by atoms with Crippen LogP contribution >= 0.6 is 0 Å². The molecule has 0 atom stereocenters. The van der Waals surface area contributed by atoms with Crippen LogP contribution in [0.3, 0.4) is 0 Å². The van der Waals surface area contributed by atoms with Crippen LogP contribution in [0.2, 0.25) is 0 Å². The zero-order chi connectivity index (χ0) is 12.3. The summed E-state index contributed by atoms with van der Waals surface area (Å²) in [6, 6.07) is 2.22.